The first-order valence-electron chi connectivity index (χ1n) is 7.04. The Morgan fingerprint density at radius 3 is 0.857 bits per heavy atom. The zero-order valence-electron chi connectivity index (χ0n) is 15.0. The molecule has 0 saturated carbocycles. The zero-order chi connectivity index (χ0) is 18.1. The van der Waals surface area contributed by atoms with Gasteiger partial charge in [0, 0.05) is 5.41 Å². The van der Waals surface area contributed by atoms with Crippen LogP contribution in [0.5, 0.6) is 0 Å². The van der Waals surface area contributed by atoms with Crippen molar-refractivity contribution in [1.82, 2.24) is 0 Å². The molecule has 21 heavy (non-hydrogen) atoms. The van der Waals surface area contributed by atoms with E-state index in [1.165, 1.54) is 13.8 Å². The summed E-state index contributed by atoms with van der Waals surface area (Å²) in [5.74, 6) is 0. The number of hydrogen-bond acceptors (Lipinski definition) is 0. The van der Waals surface area contributed by atoms with Crippen LogP contribution in [0.25, 0.3) is 0 Å². The highest BCUT2D eigenvalue weighted by molar-refractivity contribution is 4.88. The number of halogens is 5. The van der Waals surface area contributed by atoms with Crippen LogP contribution in [0.15, 0.2) is 0 Å². The molecule has 0 bridgehead atoms. The molecule has 0 aromatic carbocycles. The van der Waals surface area contributed by atoms with E-state index < -0.39 is 28.8 Å². The van der Waals surface area contributed by atoms with Crippen LogP contribution in [-0.4, -0.2) is 12.6 Å². The molecule has 5 heteroatoms. The summed E-state index contributed by atoms with van der Waals surface area (Å²) in [6, 6.07) is 0. The summed E-state index contributed by atoms with van der Waals surface area (Å²) < 4.78 is 61.6. The molecule has 0 aliphatic heterocycles. The Hall–Kier alpha value is -0.350. The Morgan fingerprint density at radius 1 is 0.571 bits per heavy atom. The maximum atomic E-state index is 12.3. The Kier molecular flexibility index (Phi) is 7.00. The second kappa shape index (κ2) is 6.41. The summed E-state index contributed by atoms with van der Waals surface area (Å²) in [6.07, 6.45) is -6.36. The number of hydrogen-bond donors (Lipinski definition) is 0. The minimum absolute atomic E-state index is 0.332. The van der Waals surface area contributed by atoms with E-state index in [1.807, 2.05) is 20.8 Å². The summed E-state index contributed by atoms with van der Waals surface area (Å²) in [4.78, 5) is 0. The molecular formula is C16H31F5. The fourth-order valence-electron chi connectivity index (χ4n) is 0.753. The van der Waals surface area contributed by atoms with Crippen LogP contribution in [0, 0.1) is 21.7 Å². The molecular weight excluding hydrogens is 287 g/mol. The van der Waals surface area contributed by atoms with E-state index in [9.17, 15) is 22.0 Å². The van der Waals surface area contributed by atoms with Gasteiger partial charge in [-0.25, -0.2) is 8.78 Å². The van der Waals surface area contributed by atoms with E-state index in [2.05, 4.69) is 0 Å². The van der Waals surface area contributed by atoms with E-state index in [0.717, 1.165) is 0 Å². The summed E-state index contributed by atoms with van der Waals surface area (Å²) in [7, 11) is 0. The van der Waals surface area contributed by atoms with E-state index in [4.69, 9.17) is 0 Å². The summed E-state index contributed by atoms with van der Waals surface area (Å²) in [6.45, 7) is 15.9. The van der Waals surface area contributed by atoms with Crippen LogP contribution in [0.2, 0.25) is 0 Å². The average Bonchev–Trinajstić information content (AvgIpc) is 2.12. The van der Waals surface area contributed by atoms with Crippen molar-refractivity contribution in [3.05, 3.63) is 0 Å². The standard InChI is InChI=1S/C8H15F3.C8H16F2/c1-6(2,3)7(4,5)8(9,10)11;1-7(2,3)8(4,5)6(9)10/h1-5H3;6H,1-5H3. The van der Waals surface area contributed by atoms with E-state index >= 15 is 0 Å². The van der Waals surface area contributed by atoms with Crippen LogP contribution in [-0.2, 0) is 0 Å². The van der Waals surface area contributed by atoms with Gasteiger partial charge in [-0.15, -0.1) is 0 Å². The van der Waals surface area contributed by atoms with Gasteiger partial charge >= 0.3 is 6.18 Å². The van der Waals surface area contributed by atoms with Crippen molar-refractivity contribution in [2.75, 3.05) is 0 Å². The molecule has 0 atom stereocenters. The van der Waals surface area contributed by atoms with Gasteiger partial charge in [-0.1, -0.05) is 69.2 Å². The van der Waals surface area contributed by atoms with Crippen LogP contribution in [0.1, 0.15) is 69.2 Å². The third kappa shape index (κ3) is 5.74. The Balaban J connectivity index is 0. The maximum Gasteiger partial charge on any atom is 0.394 e. The van der Waals surface area contributed by atoms with Crippen LogP contribution in [0.3, 0.4) is 0 Å². The van der Waals surface area contributed by atoms with E-state index in [1.54, 1.807) is 34.6 Å². The topological polar surface area (TPSA) is 0 Å². The van der Waals surface area contributed by atoms with Crippen molar-refractivity contribution in [3.63, 3.8) is 0 Å². The molecule has 0 unspecified atom stereocenters. The molecule has 0 spiro atoms. The van der Waals surface area contributed by atoms with Crippen LogP contribution < -0.4 is 0 Å². The van der Waals surface area contributed by atoms with Gasteiger partial charge in [0.15, 0.2) is 0 Å². The largest absolute Gasteiger partial charge is 0.394 e. The fraction of sp³-hybridized carbons (Fsp3) is 1.00. The maximum absolute atomic E-state index is 12.3. The van der Waals surface area contributed by atoms with Crippen LogP contribution in [0.4, 0.5) is 22.0 Å². The molecule has 0 nitrogen and oxygen atoms in total. The minimum Gasteiger partial charge on any atom is -0.210 e. The second-order valence-electron chi connectivity index (χ2n) is 8.65. The van der Waals surface area contributed by atoms with Gasteiger partial charge in [0.2, 0.25) is 6.43 Å². The number of rotatable bonds is 1. The first-order valence-corrected chi connectivity index (χ1v) is 7.04. The average molecular weight is 318 g/mol. The van der Waals surface area contributed by atoms with Gasteiger partial charge in [0.25, 0.3) is 0 Å². The molecule has 0 radical (unpaired) electrons. The van der Waals surface area contributed by atoms with Crippen molar-refractivity contribution in [3.8, 4) is 0 Å². The van der Waals surface area contributed by atoms with Crippen molar-refractivity contribution in [2.45, 2.75) is 81.8 Å². The van der Waals surface area contributed by atoms with Gasteiger partial charge in [0.1, 0.15) is 0 Å². The van der Waals surface area contributed by atoms with Gasteiger partial charge in [-0.3, -0.25) is 0 Å². The van der Waals surface area contributed by atoms with Crippen LogP contribution >= 0.6 is 0 Å². The number of alkyl halides is 5. The first kappa shape index (κ1) is 22.9. The molecule has 0 heterocycles. The van der Waals surface area contributed by atoms with Gasteiger partial charge in [-0.2, -0.15) is 13.2 Å². The molecule has 0 rings (SSSR count). The lowest BCUT2D eigenvalue weighted by molar-refractivity contribution is -0.243. The summed E-state index contributed by atoms with van der Waals surface area (Å²) in [5, 5.41) is 0. The third-order valence-corrected chi connectivity index (χ3v) is 5.06. The highest BCUT2D eigenvalue weighted by atomic mass is 19.4. The SMILES string of the molecule is CC(C)(C)C(C)(C)C(F)(F)F.CC(C)(C)C(C)(C)C(F)F. The molecule has 0 aliphatic rings. The molecule has 0 aromatic rings. The van der Waals surface area contributed by atoms with Gasteiger partial charge in [0.05, 0.1) is 5.41 Å². The highest BCUT2D eigenvalue weighted by Crippen LogP contribution is 2.49. The van der Waals surface area contributed by atoms with Crippen molar-refractivity contribution >= 4 is 0 Å². The minimum atomic E-state index is -4.12. The molecule has 0 fully saturated rings. The van der Waals surface area contributed by atoms with Gasteiger partial charge in [-0.05, 0) is 10.8 Å². The van der Waals surface area contributed by atoms with Gasteiger partial charge < -0.3 is 0 Å². The zero-order valence-corrected chi connectivity index (χ0v) is 15.0. The first-order chi connectivity index (χ1) is 8.69. The molecule has 0 saturated heterocycles. The molecule has 0 N–H and O–H groups in total. The molecule has 0 aromatic heterocycles. The van der Waals surface area contributed by atoms with E-state index in [-0.39, 0.29) is 5.41 Å². The van der Waals surface area contributed by atoms with Crippen molar-refractivity contribution in [2.24, 2.45) is 21.7 Å². The lowest BCUT2D eigenvalue weighted by Crippen LogP contribution is -2.43. The predicted octanol–water partition coefficient (Wildman–Crippen LogP) is 6.94. The predicted molar refractivity (Wildman–Crippen MR) is 78.5 cm³/mol. The summed E-state index contributed by atoms with van der Waals surface area (Å²) >= 11 is 0. The Bertz CT molecular complexity index is 295. The smallest absolute Gasteiger partial charge is 0.210 e. The Labute approximate surface area is 126 Å². The fourth-order valence-corrected chi connectivity index (χ4v) is 0.753. The lowest BCUT2D eigenvalue weighted by atomic mass is 9.69. The van der Waals surface area contributed by atoms with E-state index in [0.29, 0.717) is 0 Å². The second-order valence-corrected chi connectivity index (χ2v) is 8.65. The highest BCUT2D eigenvalue weighted by Gasteiger charge is 2.54. The lowest BCUT2D eigenvalue weighted by Gasteiger charge is -2.40. The Morgan fingerprint density at radius 2 is 0.857 bits per heavy atom. The van der Waals surface area contributed by atoms with Crippen molar-refractivity contribution in [1.29, 1.82) is 0 Å². The molecule has 130 valence electrons. The molecule has 0 amide bonds. The monoisotopic (exact) mass is 318 g/mol. The third-order valence-electron chi connectivity index (χ3n) is 5.06. The van der Waals surface area contributed by atoms with Crippen molar-refractivity contribution < 1.29 is 22.0 Å². The normalized spacial score (nSPS) is 14.9. The quantitative estimate of drug-likeness (QED) is 0.459. The molecule has 0 aliphatic carbocycles. The summed E-state index contributed by atoms with van der Waals surface area (Å²) in [5.41, 5.74) is -3.60.